The molecule has 5 heteroatoms. The number of carbonyl (C=O) groups is 1. The lowest BCUT2D eigenvalue weighted by Gasteiger charge is -2.09. The number of benzene rings is 1. The summed E-state index contributed by atoms with van der Waals surface area (Å²) >= 11 is 5.88. The van der Waals surface area contributed by atoms with Crippen molar-refractivity contribution < 1.29 is 14.6 Å². The molecule has 0 aliphatic heterocycles. The van der Waals surface area contributed by atoms with E-state index in [9.17, 15) is 4.79 Å². The number of aryl methyl sites for hydroxylation is 1. The summed E-state index contributed by atoms with van der Waals surface area (Å²) in [7, 11) is 0. The second-order valence-electron chi connectivity index (χ2n) is 3.73. The predicted molar refractivity (Wildman–Crippen MR) is 67.5 cm³/mol. The third kappa shape index (κ3) is 2.78. The molecule has 2 aromatic rings. The van der Waals surface area contributed by atoms with Crippen LogP contribution in [0.2, 0.25) is 5.02 Å². The molecule has 0 fully saturated rings. The zero-order chi connectivity index (χ0) is 13.1. The van der Waals surface area contributed by atoms with E-state index in [1.165, 1.54) is 18.5 Å². The Morgan fingerprint density at radius 2 is 2.11 bits per heavy atom. The molecule has 0 atom stereocenters. The molecule has 92 valence electrons. The van der Waals surface area contributed by atoms with Crippen LogP contribution >= 0.6 is 11.6 Å². The monoisotopic (exact) mass is 263 g/mol. The van der Waals surface area contributed by atoms with Gasteiger partial charge in [0.1, 0.15) is 11.5 Å². The van der Waals surface area contributed by atoms with Crippen LogP contribution < -0.4 is 4.74 Å². The molecule has 0 saturated carbocycles. The third-order valence-electron chi connectivity index (χ3n) is 2.34. The molecular formula is C13H10ClNO3. The number of ether oxygens (including phenoxy) is 1. The van der Waals surface area contributed by atoms with Crippen LogP contribution in [0.3, 0.4) is 0 Å². The van der Waals surface area contributed by atoms with Gasteiger partial charge in [-0.05, 0) is 30.7 Å². The Morgan fingerprint density at radius 1 is 1.33 bits per heavy atom. The van der Waals surface area contributed by atoms with Gasteiger partial charge in [0, 0.05) is 11.2 Å². The largest absolute Gasteiger partial charge is 0.478 e. The average molecular weight is 264 g/mol. The molecule has 1 aromatic heterocycles. The van der Waals surface area contributed by atoms with E-state index < -0.39 is 5.97 Å². The van der Waals surface area contributed by atoms with Gasteiger partial charge in [0.15, 0.2) is 0 Å². The number of carboxylic acids is 1. The molecule has 4 nitrogen and oxygen atoms in total. The summed E-state index contributed by atoms with van der Waals surface area (Å²) in [4.78, 5) is 14.6. The Balaban J connectivity index is 2.31. The van der Waals surface area contributed by atoms with Crippen molar-refractivity contribution in [2.24, 2.45) is 0 Å². The fraction of sp³-hybridized carbons (Fsp3) is 0.0769. The first-order valence-corrected chi connectivity index (χ1v) is 5.56. The van der Waals surface area contributed by atoms with Crippen molar-refractivity contribution >= 4 is 17.6 Å². The lowest BCUT2D eigenvalue weighted by Crippen LogP contribution is -1.98. The average Bonchev–Trinajstić information content (AvgIpc) is 2.34. The number of halogens is 1. The zero-order valence-electron chi connectivity index (χ0n) is 9.55. The number of aromatic nitrogens is 1. The Hall–Kier alpha value is -2.07. The lowest BCUT2D eigenvalue weighted by atomic mass is 10.2. The Labute approximate surface area is 109 Å². The maximum atomic E-state index is 10.8. The Bertz CT molecular complexity index is 599. The van der Waals surface area contributed by atoms with Gasteiger partial charge in [0.2, 0.25) is 0 Å². The van der Waals surface area contributed by atoms with Crippen LogP contribution in [-0.2, 0) is 0 Å². The molecule has 0 aliphatic carbocycles. The van der Waals surface area contributed by atoms with Crippen molar-refractivity contribution in [2.45, 2.75) is 6.92 Å². The van der Waals surface area contributed by atoms with E-state index in [0.717, 1.165) is 5.56 Å². The van der Waals surface area contributed by atoms with E-state index >= 15 is 0 Å². The highest BCUT2D eigenvalue weighted by Crippen LogP contribution is 2.27. The Morgan fingerprint density at radius 3 is 2.83 bits per heavy atom. The van der Waals surface area contributed by atoms with Crippen LogP contribution in [0.15, 0.2) is 36.7 Å². The first-order chi connectivity index (χ1) is 8.56. The number of aromatic carboxylic acids is 1. The first-order valence-electron chi connectivity index (χ1n) is 5.18. The second-order valence-corrected chi connectivity index (χ2v) is 4.16. The minimum Gasteiger partial charge on any atom is -0.478 e. The molecule has 2 rings (SSSR count). The summed E-state index contributed by atoms with van der Waals surface area (Å²) in [6, 6.07) is 6.67. The van der Waals surface area contributed by atoms with Crippen molar-refractivity contribution in [1.82, 2.24) is 4.98 Å². The molecular weight excluding hydrogens is 254 g/mol. The summed E-state index contributed by atoms with van der Waals surface area (Å²) in [6.07, 6.45) is 2.72. The number of carboxylic acid groups (broad SMARTS) is 1. The quantitative estimate of drug-likeness (QED) is 0.920. The molecule has 0 radical (unpaired) electrons. The number of pyridine rings is 1. The Kier molecular flexibility index (Phi) is 3.48. The summed E-state index contributed by atoms with van der Waals surface area (Å²) in [5, 5.41) is 9.41. The van der Waals surface area contributed by atoms with E-state index in [2.05, 4.69) is 4.98 Å². The molecule has 18 heavy (non-hydrogen) atoms. The fourth-order valence-corrected chi connectivity index (χ4v) is 1.56. The van der Waals surface area contributed by atoms with Gasteiger partial charge in [-0.2, -0.15) is 0 Å². The fourth-order valence-electron chi connectivity index (χ4n) is 1.40. The van der Waals surface area contributed by atoms with Gasteiger partial charge in [-0.15, -0.1) is 0 Å². The molecule has 1 N–H and O–H groups in total. The van der Waals surface area contributed by atoms with Gasteiger partial charge >= 0.3 is 5.97 Å². The number of hydrogen-bond donors (Lipinski definition) is 1. The minimum atomic E-state index is -1.05. The van der Waals surface area contributed by atoms with Crippen molar-refractivity contribution in [3.05, 3.63) is 52.8 Å². The molecule has 0 saturated heterocycles. The topological polar surface area (TPSA) is 59.4 Å². The van der Waals surface area contributed by atoms with Crippen molar-refractivity contribution in [2.75, 3.05) is 0 Å². The maximum Gasteiger partial charge on any atom is 0.337 e. The van der Waals surface area contributed by atoms with Crippen LogP contribution in [0.1, 0.15) is 15.9 Å². The number of hydrogen-bond acceptors (Lipinski definition) is 3. The second kappa shape index (κ2) is 5.06. The minimum absolute atomic E-state index is 0.0761. The predicted octanol–water partition coefficient (Wildman–Crippen LogP) is 3.53. The van der Waals surface area contributed by atoms with Gasteiger partial charge in [0.05, 0.1) is 11.8 Å². The van der Waals surface area contributed by atoms with Crippen molar-refractivity contribution in [3.63, 3.8) is 0 Å². The zero-order valence-corrected chi connectivity index (χ0v) is 10.3. The first kappa shape index (κ1) is 12.4. The van der Waals surface area contributed by atoms with Crippen LogP contribution in [0.5, 0.6) is 11.5 Å². The molecule has 0 amide bonds. The van der Waals surface area contributed by atoms with Gasteiger partial charge < -0.3 is 9.84 Å². The van der Waals surface area contributed by atoms with Crippen LogP contribution in [0, 0.1) is 6.92 Å². The molecule has 0 unspecified atom stereocenters. The van der Waals surface area contributed by atoms with E-state index in [1.54, 1.807) is 12.1 Å². The molecule has 0 bridgehead atoms. The SMILES string of the molecule is Cc1ccc(Cl)cc1Oc1cncc(C(=O)O)c1. The third-order valence-corrected chi connectivity index (χ3v) is 2.57. The highest BCUT2D eigenvalue weighted by molar-refractivity contribution is 6.30. The van der Waals surface area contributed by atoms with Gasteiger partial charge in [-0.3, -0.25) is 4.98 Å². The van der Waals surface area contributed by atoms with Crippen LogP contribution in [0.25, 0.3) is 0 Å². The summed E-state index contributed by atoms with van der Waals surface area (Å²) in [5.41, 5.74) is 0.979. The van der Waals surface area contributed by atoms with E-state index in [0.29, 0.717) is 16.5 Å². The maximum absolute atomic E-state index is 10.8. The molecule has 0 aliphatic rings. The van der Waals surface area contributed by atoms with Crippen LogP contribution in [0.4, 0.5) is 0 Å². The van der Waals surface area contributed by atoms with E-state index in [1.807, 2.05) is 13.0 Å². The smallest absolute Gasteiger partial charge is 0.337 e. The van der Waals surface area contributed by atoms with Gasteiger partial charge in [-0.25, -0.2) is 4.79 Å². The van der Waals surface area contributed by atoms with Crippen LogP contribution in [-0.4, -0.2) is 16.1 Å². The number of nitrogens with zero attached hydrogens (tertiary/aromatic N) is 1. The summed E-state index contributed by atoms with van der Waals surface area (Å²) in [6.45, 7) is 1.88. The lowest BCUT2D eigenvalue weighted by molar-refractivity contribution is 0.0696. The standard InChI is InChI=1S/C13H10ClNO3/c1-8-2-3-10(14)5-12(8)18-11-4-9(13(16)17)6-15-7-11/h2-7H,1H3,(H,16,17). The van der Waals surface area contributed by atoms with Gasteiger partial charge in [0.25, 0.3) is 0 Å². The summed E-state index contributed by atoms with van der Waals surface area (Å²) < 4.78 is 5.57. The number of rotatable bonds is 3. The molecule has 1 aromatic carbocycles. The van der Waals surface area contributed by atoms with Crippen molar-refractivity contribution in [3.8, 4) is 11.5 Å². The van der Waals surface area contributed by atoms with Crippen molar-refractivity contribution in [1.29, 1.82) is 0 Å². The van der Waals surface area contributed by atoms with Gasteiger partial charge in [-0.1, -0.05) is 17.7 Å². The van der Waals surface area contributed by atoms with E-state index in [-0.39, 0.29) is 5.56 Å². The molecule has 1 heterocycles. The van der Waals surface area contributed by atoms with E-state index in [4.69, 9.17) is 21.4 Å². The normalized spacial score (nSPS) is 10.1. The highest BCUT2D eigenvalue weighted by atomic mass is 35.5. The summed E-state index contributed by atoms with van der Waals surface area (Å²) in [5.74, 6) is -0.108. The highest BCUT2D eigenvalue weighted by Gasteiger charge is 2.07. The molecule has 0 spiro atoms.